The number of aliphatic hydroxyl groups excluding tert-OH is 1. The maximum atomic E-state index is 11.5. The minimum atomic E-state index is -3.81. The third kappa shape index (κ3) is 8.17. The molecule has 0 fully saturated rings. The Hall–Kier alpha value is -1.88. The highest BCUT2D eigenvalue weighted by Crippen LogP contribution is 2.21. The second-order valence-electron chi connectivity index (χ2n) is 7.47. The predicted molar refractivity (Wildman–Crippen MR) is 112 cm³/mol. The van der Waals surface area contributed by atoms with E-state index in [9.17, 15) is 13.5 Å². The topological polar surface area (TPSA) is 144 Å². The number of aromatic nitrogens is 4. The van der Waals surface area contributed by atoms with Gasteiger partial charge >= 0.3 is 0 Å². The zero-order valence-corrected chi connectivity index (χ0v) is 18.3. The van der Waals surface area contributed by atoms with E-state index in [0.717, 1.165) is 5.56 Å². The summed E-state index contributed by atoms with van der Waals surface area (Å²) in [6.07, 6.45) is 2.76. The van der Waals surface area contributed by atoms with E-state index >= 15 is 0 Å². The summed E-state index contributed by atoms with van der Waals surface area (Å²) in [5.74, 6) is 0.553. The summed E-state index contributed by atoms with van der Waals surface area (Å²) in [5.41, 5.74) is 0.959. The number of nitrogens with zero attached hydrogens (tertiary/aromatic N) is 4. The van der Waals surface area contributed by atoms with E-state index in [-0.39, 0.29) is 30.3 Å². The van der Waals surface area contributed by atoms with Gasteiger partial charge in [-0.1, -0.05) is 32.4 Å². The largest absolute Gasteiger partial charge is 0.394 e. The van der Waals surface area contributed by atoms with Crippen LogP contribution < -0.4 is 10.5 Å². The normalized spacial score (nSPS) is 14.0. The van der Waals surface area contributed by atoms with E-state index in [1.165, 1.54) is 0 Å². The molecule has 0 aliphatic heterocycles. The lowest BCUT2D eigenvalue weighted by Crippen LogP contribution is -2.28. The van der Waals surface area contributed by atoms with Crippen LogP contribution >= 0.6 is 11.6 Å². The van der Waals surface area contributed by atoms with Gasteiger partial charge in [-0.15, -0.1) is 0 Å². The molecule has 2 aromatic rings. The molecule has 4 N–H and O–H groups in total. The van der Waals surface area contributed by atoms with Crippen molar-refractivity contribution in [2.45, 2.75) is 51.3 Å². The number of anilines is 1. The number of halogens is 1. The molecule has 0 saturated carbocycles. The predicted octanol–water partition coefficient (Wildman–Crippen LogP) is 1.87. The Bertz CT molecular complexity index is 926. The molecule has 2 rings (SSSR count). The van der Waals surface area contributed by atoms with Gasteiger partial charge in [-0.25, -0.2) is 23.5 Å². The van der Waals surface area contributed by atoms with Gasteiger partial charge in [-0.05, 0) is 36.0 Å². The van der Waals surface area contributed by atoms with Crippen molar-refractivity contribution in [1.29, 1.82) is 0 Å². The molecule has 0 spiro atoms. The first kappa shape index (κ1) is 23.4. The van der Waals surface area contributed by atoms with Crippen LogP contribution in [0.1, 0.15) is 50.3 Å². The van der Waals surface area contributed by atoms with Gasteiger partial charge in [0.1, 0.15) is 16.7 Å². The van der Waals surface area contributed by atoms with Gasteiger partial charge in [0.15, 0.2) is 5.82 Å². The molecule has 0 radical (unpaired) electrons. The number of aliphatic hydroxyl groups is 1. The number of pyridine rings is 1. The number of rotatable bonds is 10. The second-order valence-corrected chi connectivity index (χ2v) is 9.47. The first-order chi connectivity index (χ1) is 13.6. The number of nitrogens with two attached hydrogens (primary N) is 1. The van der Waals surface area contributed by atoms with Gasteiger partial charge in [0, 0.05) is 12.6 Å². The van der Waals surface area contributed by atoms with Crippen molar-refractivity contribution >= 4 is 27.6 Å². The first-order valence-corrected chi connectivity index (χ1v) is 11.4. The lowest BCUT2D eigenvalue weighted by molar-refractivity contribution is 0.259. The maximum absolute atomic E-state index is 11.5. The highest BCUT2D eigenvalue weighted by Gasteiger charge is 2.17. The fourth-order valence-corrected chi connectivity index (χ4v) is 3.59. The molecule has 2 heterocycles. The van der Waals surface area contributed by atoms with E-state index in [0.29, 0.717) is 29.7 Å². The lowest BCUT2D eigenvalue weighted by Gasteiger charge is -2.19. The summed E-state index contributed by atoms with van der Waals surface area (Å²) in [4.78, 5) is 16.8. The summed E-state index contributed by atoms with van der Waals surface area (Å²) in [6, 6.07) is 3.36. The molecule has 0 unspecified atom stereocenters. The van der Waals surface area contributed by atoms with Crippen LogP contribution in [-0.4, -0.2) is 46.1 Å². The summed E-state index contributed by atoms with van der Waals surface area (Å²) < 4.78 is 23.0. The van der Waals surface area contributed by atoms with Gasteiger partial charge in [-0.3, -0.25) is 0 Å². The van der Waals surface area contributed by atoms with Crippen LogP contribution in [0, 0.1) is 5.92 Å². The Labute approximate surface area is 176 Å². The third-order valence-electron chi connectivity index (χ3n) is 4.18. The van der Waals surface area contributed by atoms with Crippen LogP contribution in [0.4, 0.5) is 5.95 Å². The average Bonchev–Trinajstić information content (AvgIpc) is 2.59. The smallest absolute Gasteiger partial charge is 0.226 e. The summed E-state index contributed by atoms with van der Waals surface area (Å²) in [5, 5.41) is 18.2. The monoisotopic (exact) mass is 442 g/mol. The molecule has 0 saturated heterocycles. The number of primary sulfonamides is 1. The summed E-state index contributed by atoms with van der Waals surface area (Å²) in [6.45, 7) is 5.96. The van der Waals surface area contributed by atoms with Crippen molar-refractivity contribution in [3.63, 3.8) is 0 Å². The molecule has 11 heteroatoms. The number of nitrogens with one attached hydrogen (secondary N) is 1. The number of sulfonamides is 1. The zero-order valence-electron chi connectivity index (χ0n) is 16.7. The minimum absolute atomic E-state index is 0.0115. The fraction of sp³-hybridized carbons (Fsp3) is 0.556. The SMILES string of the molecule is CC(C)C[C@H](CO)Nc1nc(C[C@H](C)c2ccnc(Cl)c2)nc(CS(N)(=O)=O)n1. The molecular formula is C18H27ClN6O3S. The van der Waals surface area contributed by atoms with Crippen molar-refractivity contribution < 1.29 is 13.5 Å². The Kier molecular flexibility index (Phi) is 8.26. The van der Waals surface area contributed by atoms with Crippen molar-refractivity contribution in [3.8, 4) is 0 Å². The van der Waals surface area contributed by atoms with E-state index < -0.39 is 15.8 Å². The van der Waals surface area contributed by atoms with Crippen LogP contribution in [0.5, 0.6) is 0 Å². The van der Waals surface area contributed by atoms with Gasteiger partial charge in [0.25, 0.3) is 0 Å². The first-order valence-electron chi connectivity index (χ1n) is 9.29. The highest BCUT2D eigenvalue weighted by atomic mass is 35.5. The van der Waals surface area contributed by atoms with Crippen molar-refractivity contribution in [2.24, 2.45) is 11.1 Å². The fourth-order valence-electron chi connectivity index (χ4n) is 2.92. The molecule has 9 nitrogen and oxygen atoms in total. The van der Waals surface area contributed by atoms with Gasteiger partial charge < -0.3 is 10.4 Å². The molecule has 160 valence electrons. The summed E-state index contributed by atoms with van der Waals surface area (Å²) in [7, 11) is -3.81. The molecule has 0 amide bonds. The van der Waals surface area contributed by atoms with Crippen LogP contribution in [0.25, 0.3) is 0 Å². The van der Waals surface area contributed by atoms with E-state index in [2.05, 4.69) is 25.3 Å². The van der Waals surface area contributed by atoms with Crippen molar-refractivity contribution in [2.75, 3.05) is 11.9 Å². The Balaban J connectivity index is 2.30. The minimum Gasteiger partial charge on any atom is -0.394 e. The Morgan fingerprint density at radius 3 is 2.48 bits per heavy atom. The lowest BCUT2D eigenvalue weighted by atomic mass is 9.99. The molecule has 2 atom stereocenters. The van der Waals surface area contributed by atoms with Crippen LogP contribution in [0.15, 0.2) is 18.3 Å². The third-order valence-corrected chi connectivity index (χ3v) is 5.04. The van der Waals surface area contributed by atoms with Crippen LogP contribution in [0.3, 0.4) is 0 Å². The number of hydrogen-bond donors (Lipinski definition) is 3. The molecule has 2 aromatic heterocycles. The molecule has 0 aliphatic carbocycles. The van der Waals surface area contributed by atoms with Crippen molar-refractivity contribution in [3.05, 3.63) is 40.7 Å². The van der Waals surface area contributed by atoms with Gasteiger partial charge in [-0.2, -0.15) is 9.97 Å². The maximum Gasteiger partial charge on any atom is 0.226 e. The molecule has 0 bridgehead atoms. The summed E-state index contributed by atoms with van der Waals surface area (Å²) >= 11 is 5.96. The standard InChI is InChI=1S/C18H27ClN6O3S/c1-11(2)6-14(9-26)22-18-24-16(23-17(25-18)10-29(20,27)28)7-12(3)13-4-5-21-15(19)8-13/h4-5,8,11-12,14,26H,6-7,9-10H2,1-3H3,(H2,20,27,28)(H,22,23,24,25)/t12-,14+/m0/s1. The van der Waals surface area contributed by atoms with Gasteiger partial charge in [0.05, 0.1) is 12.6 Å². The Morgan fingerprint density at radius 1 is 1.21 bits per heavy atom. The van der Waals surface area contributed by atoms with E-state index in [4.69, 9.17) is 16.7 Å². The number of hydrogen-bond acceptors (Lipinski definition) is 8. The molecular weight excluding hydrogens is 416 g/mol. The van der Waals surface area contributed by atoms with Gasteiger partial charge in [0.2, 0.25) is 16.0 Å². The van der Waals surface area contributed by atoms with Crippen LogP contribution in [0.2, 0.25) is 5.15 Å². The Morgan fingerprint density at radius 2 is 1.90 bits per heavy atom. The molecule has 29 heavy (non-hydrogen) atoms. The quantitative estimate of drug-likeness (QED) is 0.473. The molecule has 0 aliphatic rings. The second kappa shape index (κ2) is 10.2. The van der Waals surface area contributed by atoms with E-state index in [1.54, 1.807) is 12.3 Å². The highest BCUT2D eigenvalue weighted by molar-refractivity contribution is 7.88. The zero-order chi connectivity index (χ0) is 21.6. The van der Waals surface area contributed by atoms with Crippen LogP contribution in [-0.2, 0) is 22.2 Å². The molecule has 0 aromatic carbocycles. The van der Waals surface area contributed by atoms with E-state index in [1.807, 2.05) is 26.8 Å². The van der Waals surface area contributed by atoms with Crippen molar-refractivity contribution in [1.82, 2.24) is 19.9 Å². The average molecular weight is 443 g/mol.